The number of ether oxygens (including phenoxy) is 1. The molecule has 2 saturated carbocycles. The van der Waals surface area contributed by atoms with Gasteiger partial charge in [-0.15, -0.1) is 0 Å². The molecule has 2 aliphatic carbocycles. The van der Waals surface area contributed by atoms with E-state index in [1.165, 1.54) is 26.4 Å². The van der Waals surface area contributed by atoms with Crippen molar-refractivity contribution in [1.29, 1.82) is 0 Å². The van der Waals surface area contributed by atoms with Gasteiger partial charge in [0.05, 0.1) is 18.5 Å². The van der Waals surface area contributed by atoms with Crippen LogP contribution in [0.5, 0.6) is 5.75 Å². The molecular formula is C26H35N3O4S. The predicted octanol–water partition coefficient (Wildman–Crippen LogP) is 5.11. The van der Waals surface area contributed by atoms with Crippen molar-refractivity contribution >= 4 is 33.0 Å². The second-order valence-corrected chi connectivity index (χ2v) is 11.0. The van der Waals surface area contributed by atoms with Gasteiger partial charge in [0.2, 0.25) is 5.91 Å². The van der Waals surface area contributed by atoms with Crippen LogP contribution in [-0.4, -0.2) is 34.5 Å². The van der Waals surface area contributed by atoms with Crippen molar-refractivity contribution < 1.29 is 17.9 Å². The summed E-state index contributed by atoms with van der Waals surface area (Å²) in [6, 6.07) is 12.0. The molecule has 0 aliphatic heterocycles. The molecule has 1 amide bonds. The number of benzene rings is 2. The van der Waals surface area contributed by atoms with Gasteiger partial charge in [0, 0.05) is 25.2 Å². The van der Waals surface area contributed by atoms with Crippen molar-refractivity contribution in [3.8, 4) is 5.75 Å². The van der Waals surface area contributed by atoms with Crippen LogP contribution in [0.1, 0.15) is 46.0 Å². The lowest BCUT2D eigenvalue weighted by atomic mass is 9.86. The number of methoxy groups -OCH3 is 1. The highest BCUT2D eigenvalue weighted by Crippen LogP contribution is 2.49. The van der Waals surface area contributed by atoms with Crippen LogP contribution in [0.15, 0.2) is 47.4 Å². The number of hydrogen-bond acceptors (Lipinski definition) is 5. The molecule has 0 heterocycles. The van der Waals surface area contributed by atoms with E-state index in [-0.39, 0.29) is 10.8 Å². The summed E-state index contributed by atoms with van der Waals surface area (Å²) in [6.45, 7) is 5.28. The Labute approximate surface area is 202 Å². The lowest BCUT2D eigenvalue weighted by molar-refractivity contribution is -0.117. The van der Waals surface area contributed by atoms with Gasteiger partial charge in [0.15, 0.2) is 0 Å². The Kier molecular flexibility index (Phi) is 7.36. The number of sulfonamides is 1. The number of anilines is 3. The summed E-state index contributed by atoms with van der Waals surface area (Å²) in [6.07, 6.45) is 5.43. The van der Waals surface area contributed by atoms with E-state index >= 15 is 0 Å². The number of para-hydroxylation sites is 2. The van der Waals surface area contributed by atoms with E-state index in [1.807, 2.05) is 18.7 Å². The summed E-state index contributed by atoms with van der Waals surface area (Å²) in [4.78, 5) is 14.9. The maximum Gasteiger partial charge on any atom is 0.264 e. The lowest BCUT2D eigenvalue weighted by Gasteiger charge is -2.25. The van der Waals surface area contributed by atoms with Crippen LogP contribution in [-0.2, 0) is 14.8 Å². The molecule has 2 bridgehead atoms. The smallest absolute Gasteiger partial charge is 0.264 e. The van der Waals surface area contributed by atoms with E-state index in [0.717, 1.165) is 12.3 Å². The summed E-state index contributed by atoms with van der Waals surface area (Å²) in [5.41, 5.74) is 1.45. The van der Waals surface area contributed by atoms with Crippen molar-refractivity contribution in [3.05, 3.63) is 42.5 Å². The van der Waals surface area contributed by atoms with Gasteiger partial charge in [-0.1, -0.05) is 18.6 Å². The Morgan fingerprint density at radius 3 is 2.50 bits per heavy atom. The fourth-order valence-electron chi connectivity index (χ4n) is 5.64. The van der Waals surface area contributed by atoms with Gasteiger partial charge in [0.25, 0.3) is 10.0 Å². The Morgan fingerprint density at radius 1 is 1.09 bits per heavy atom. The quantitative estimate of drug-likeness (QED) is 0.488. The number of amides is 1. The van der Waals surface area contributed by atoms with Crippen molar-refractivity contribution in [1.82, 2.24) is 0 Å². The van der Waals surface area contributed by atoms with Crippen molar-refractivity contribution in [3.63, 3.8) is 0 Å². The second kappa shape index (κ2) is 10.3. The topological polar surface area (TPSA) is 87.7 Å². The van der Waals surface area contributed by atoms with Gasteiger partial charge in [0.1, 0.15) is 10.6 Å². The standard InChI is InChI=1S/C26H35N3O4S/c1-4-29(5-2)23-13-12-21(27-26(30)16-20-15-18-10-11-19(20)14-18)17-25(23)34(31,32)28-22-8-6-7-9-24(22)33-3/h6-9,12-13,17-20,28H,4-5,10-11,14-16H2,1-3H3,(H,27,30)/t18-,19-,20+/m0/s1. The Balaban J connectivity index is 1.59. The molecule has 2 N–H and O–H groups in total. The van der Waals surface area contributed by atoms with Gasteiger partial charge in [-0.3, -0.25) is 9.52 Å². The molecule has 2 aliphatic rings. The molecular weight excluding hydrogens is 450 g/mol. The third-order valence-corrected chi connectivity index (χ3v) is 8.72. The predicted molar refractivity (Wildman–Crippen MR) is 136 cm³/mol. The summed E-state index contributed by atoms with van der Waals surface area (Å²) in [5, 5.41) is 2.96. The van der Waals surface area contributed by atoms with E-state index in [4.69, 9.17) is 4.74 Å². The van der Waals surface area contributed by atoms with Crippen LogP contribution in [0.4, 0.5) is 17.1 Å². The largest absolute Gasteiger partial charge is 0.495 e. The molecule has 2 aromatic carbocycles. The molecule has 34 heavy (non-hydrogen) atoms. The summed E-state index contributed by atoms with van der Waals surface area (Å²) in [7, 11) is -2.45. The minimum absolute atomic E-state index is 0.0471. The molecule has 3 atom stereocenters. The van der Waals surface area contributed by atoms with Crippen molar-refractivity contribution in [2.45, 2.75) is 50.8 Å². The zero-order valence-corrected chi connectivity index (χ0v) is 21.0. The maximum absolute atomic E-state index is 13.5. The van der Waals surface area contributed by atoms with Crippen LogP contribution < -0.4 is 19.7 Å². The lowest BCUT2D eigenvalue weighted by Crippen LogP contribution is -2.26. The highest BCUT2D eigenvalue weighted by Gasteiger charge is 2.40. The summed E-state index contributed by atoms with van der Waals surface area (Å²) < 4.78 is 35.0. The number of nitrogens with one attached hydrogen (secondary N) is 2. The first-order valence-corrected chi connectivity index (χ1v) is 13.7. The van der Waals surface area contributed by atoms with E-state index in [0.29, 0.717) is 54.2 Å². The third-order valence-electron chi connectivity index (χ3n) is 7.32. The molecule has 2 fully saturated rings. The minimum Gasteiger partial charge on any atom is -0.495 e. The first-order chi connectivity index (χ1) is 16.3. The summed E-state index contributed by atoms with van der Waals surface area (Å²) in [5.74, 6) is 2.29. The number of nitrogens with zero attached hydrogens (tertiary/aromatic N) is 1. The number of rotatable bonds is 10. The fourth-order valence-corrected chi connectivity index (χ4v) is 6.96. The van der Waals surface area contributed by atoms with E-state index in [1.54, 1.807) is 42.5 Å². The molecule has 7 nitrogen and oxygen atoms in total. The number of carbonyl (C=O) groups excluding carboxylic acids is 1. The van der Waals surface area contributed by atoms with E-state index < -0.39 is 10.0 Å². The molecule has 2 aromatic rings. The maximum atomic E-state index is 13.5. The molecule has 0 radical (unpaired) electrons. The number of hydrogen-bond donors (Lipinski definition) is 2. The van der Waals surface area contributed by atoms with Gasteiger partial charge in [-0.2, -0.15) is 0 Å². The highest BCUT2D eigenvalue weighted by atomic mass is 32.2. The summed E-state index contributed by atoms with van der Waals surface area (Å²) >= 11 is 0. The van der Waals surface area contributed by atoms with Crippen molar-refractivity contribution in [2.75, 3.05) is 35.1 Å². The van der Waals surface area contributed by atoms with Crippen LogP contribution in [0.3, 0.4) is 0 Å². The van der Waals surface area contributed by atoms with Gasteiger partial charge in [-0.05, 0) is 81.2 Å². The molecule has 0 aromatic heterocycles. The Bertz CT molecular complexity index is 1130. The van der Waals surface area contributed by atoms with Gasteiger partial charge in [-0.25, -0.2) is 8.42 Å². The molecule has 184 valence electrons. The van der Waals surface area contributed by atoms with Gasteiger partial charge < -0.3 is 15.0 Å². The van der Waals surface area contributed by atoms with E-state index in [2.05, 4.69) is 10.0 Å². The van der Waals surface area contributed by atoms with Crippen LogP contribution >= 0.6 is 0 Å². The van der Waals surface area contributed by atoms with Crippen LogP contribution in [0.25, 0.3) is 0 Å². The molecule has 0 spiro atoms. The third kappa shape index (κ3) is 5.17. The van der Waals surface area contributed by atoms with Crippen molar-refractivity contribution in [2.24, 2.45) is 17.8 Å². The second-order valence-electron chi connectivity index (χ2n) is 9.35. The molecule has 8 heteroatoms. The number of fused-ring (bicyclic) bond motifs is 2. The molecule has 4 rings (SSSR count). The average molecular weight is 486 g/mol. The average Bonchev–Trinajstić information content (AvgIpc) is 3.44. The van der Waals surface area contributed by atoms with E-state index in [9.17, 15) is 13.2 Å². The van der Waals surface area contributed by atoms with Gasteiger partial charge >= 0.3 is 0 Å². The molecule has 0 saturated heterocycles. The Morgan fingerprint density at radius 2 is 1.85 bits per heavy atom. The normalized spacial score (nSPS) is 21.3. The SMILES string of the molecule is CCN(CC)c1ccc(NC(=O)C[C@H]2C[C@H]3CC[C@H]2C3)cc1S(=O)(=O)Nc1ccccc1OC. The fraction of sp³-hybridized carbons (Fsp3) is 0.500. The first-order valence-electron chi connectivity index (χ1n) is 12.2. The van der Waals surface area contributed by atoms with Crippen LogP contribution in [0, 0.1) is 17.8 Å². The highest BCUT2D eigenvalue weighted by molar-refractivity contribution is 7.93. The Hall–Kier alpha value is -2.74. The minimum atomic E-state index is -3.95. The zero-order valence-electron chi connectivity index (χ0n) is 20.2. The monoisotopic (exact) mass is 485 g/mol. The number of carbonyl (C=O) groups is 1. The first kappa shape index (κ1) is 24.4. The van der Waals surface area contributed by atoms with Crippen LogP contribution in [0.2, 0.25) is 0 Å². The zero-order chi connectivity index (χ0) is 24.3. The molecule has 0 unspecified atom stereocenters.